The van der Waals surface area contributed by atoms with E-state index in [1.807, 2.05) is 27.1 Å². The summed E-state index contributed by atoms with van der Waals surface area (Å²) in [6.07, 6.45) is 2.00. The first-order chi connectivity index (χ1) is 9.04. The molecule has 0 N–H and O–H groups in total. The number of benzene rings is 1. The summed E-state index contributed by atoms with van der Waals surface area (Å²) in [7, 11) is 4.10. The fourth-order valence-corrected chi connectivity index (χ4v) is 2.85. The highest BCUT2D eigenvalue weighted by atomic mass is 16.5. The number of hydrogen-bond acceptors (Lipinski definition) is 3. The molecule has 0 saturated heterocycles. The van der Waals surface area contributed by atoms with Crippen LogP contribution in [0.4, 0.5) is 0 Å². The van der Waals surface area contributed by atoms with Crippen LogP contribution in [0.3, 0.4) is 0 Å². The first kappa shape index (κ1) is 13.9. The summed E-state index contributed by atoms with van der Waals surface area (Å²) < 4.78 is 5.58. The summed E-state index contributed by atoms with van der Waals surface area (Å²) in [5.41, 5.74) is 2.16. The quantitative estimate of drug-likeness (QED) is 0.813. The molecule has 3 heteroatoms. The molecule has 0 aliphatic heterocycles. The van der Waals surface area contributed by atoms with Crippen LogP contribution in [0.25, 0.3) is 0 Å². The molecule has 102 valence electrons. The van der Waals surface area contributed by atoms with Crippen LogP contribution in [0.2, 0.25) is 0 Å². The largest absolute Gasteiger partial charge is 0.494 e. The third kappa shape index (κ3) is 2.59. The molecule has 3 nitrogen and oxygen atoms in total. The molecule has 1 aliphatic rings. The van der Waals surface area contributed by atoms with E-state index in [4.69, 9.17) is 4.74 Å². The second-order valence-corrected chi connectivity index (χ2v) is 5.59. The van der Waals surface area contributed by atoms with E-state index >= 15 is 0 Å². The van der Waals surface area contributed by atoms with Gasteiger partial charge >= 0.3 is 0 Å². The minimum atomic E-state index is -0.191. The predicted molar refractivity (Wildman–Crippen MR) is 76.1 cm³/mol. The van der Waals surface area contributed by atoms with Gasteiger partial charge in [0.1, 0.15) is 5.75 Å². The van der Waals surface area contributed by atoms with E-state index in [-0.39, 0.29) is 11.5 Å². The van der Waals surface area contributed by atoms with Gasteiger partial charge in [-0.05, 0) is 58.0 Å². The third-order valence-corrected chi connectivity index (χ3v) is 3.87. The van der Waals surface area contributed by atoms with Crippen molar-refractivity contribution in [2.24, 2.45) is 5.41 Å². The van der Waals surface area contributed by atoms with E-state index in [1.54, 1.807) is 0 Å². The van der Waals surface area contributed by atoms with Gasteiger partial charge in [0.15, 0.2) is 0 Å². The first-order valence-electron chi connectivity index (χ1n) is 6.85. The summed E-state index contributed by atoms with van der Waals surface area (Å²) >= 11 is 0. The lowest BCUT2D eigenvalue weighted by Crippen LogP contribution is -2.28. The smallest absolute Gasteiger partial charge is 0.122 e. The van der Waals surface area contributed by atoms with E-state index in [1.165, 1.54) is 5.56 Å². The van der Waals surface area contributed by atoms with Crippen molar-refractivity contribution >= 4 is 0 Å². The van der Waals surface area contributed by atoms with E-state index in [0.29, 0.717) is 6.61 Å². The lowest BCUT2D eigenvalue weighted by atomic mass is 9.89. The first-order valence-corrected chi connectivity index (χ1v) is 6.85. The second kappa shape index (κ2) is 5.22. The maximum absolute atomic E-state index is 9.44. The zero-order chi connectivity index (χ0) is 14.0. The Morgan fingerprint density at radius 3 is 2.53 bits per heavy atom. The van der Waals surface area contributed by atoms with Crippen LogP contribution in [0.1, 0.15) is 36.9 Å². The molecule has 1 fully saturated rings. The fourth-order valence-electron chi connectivity index (χ4n) is 2.85. The summed E-state index contributed by atoms with van der Waals surface area (Å²) in [4.78, 5) is 2.16. The third-order valence-electron chi connectivity index (χ3n) is 3.87. The predicted octanol–water partition coefficient (Wildman–Crippen LogP) is 3.30. The Bertz CT molecular complexity index is 498. The molecule has 0 heterocycles. The highest BCUT2D eigenvalue weighted by molar-refractivity contribution is 5.39. The standard InChI is InChI=1S/C16H22N2O/c1-5-19-14-7-6-13(10-12(14)2)15(18(3)4)16(11-17)8-9-16/h6-7,10,15H,5,8-9H2,1-4H3. The minimum absolute atomic E-state index is 0.173. The molecule has 1 unspecified atom stereocenters. The number of nitriles is 1. The average Bonchev–Trinajstić information content (AvgIpc) is 3.13. The average molecular weight is 258 g/mol. The molecular formula is C16H22N2O. The lowest BCUT2D eigenvalue weighted by Gasteiger charge is -2.29. The highest BCUT2D eigenvalue weighted by Crippen LogP contribution is 2.56. The minimum Gasteiger partial charge on any atom is -0.494 e. The van der Waals surface area contributed by atoms with Gasteiger partial charge in [0.2, 0.25) is 0 Å². The Labute approximate surface area is 115 Å². The van der Waals surface area contributed by atoms with Gasteiger partial charge in [-0.1, -0.05) is 12.1 Å². The van der Waals surface area contributed by atoms with Crippen molar-refractivity contribution in [1.82, 2.24) is 4.90 Å². The van der Waals surface area contributed by atoms with E-state index < -0.39 is 0 Å². The highest BCUT2D eigenvalue weighted by Gasteiger charge is 2.51. The molecule has 19 heavy (non-hydrogen) atoms. The molecular weight excluding hydrogens is 236 g/mol. The summed E-state index contributed by atoms with van der Waals surface area (Å²) in [6.45, 7) is 4.73. The van der Waals surface area contributed by atoms with E-state index in [9.17, 15) is 5.26 Å². The molecule has 0 aromatic heterocycles. The summed E-state index contributed by atoms with van der Waals surface area (Å²) in [5, 5.41) is 9.44. The number of nitrogens with zero attached hydrogens (tertiary/aromatic N) is 2. The van der Waals surface area contributed by atoms with Crippen LogP contribution in [0, 0.1) is 23.7 Å². The molecule has 1 atom stereocenters. The van der Waals surface area contributed by atoms with Crippen LogP contribution in [0.5, 0.6) is 5.75 Å². The Hall–Kier alpha value is -1.53. The summed E-state index contributed by atoms with van der Waals surface area (Å²) in [5.74, 6) is 0.936. The van der Waals surface area contributed by atoms with Crippen LogP contribution in [-0.2, 0) is 0 Å². The normalized spacial score (nSPS) is 17.9. The number of rotatable bonds is 5. The molecule has 0 radical (unpaired) electrons. The molecule has 1 aromatic carbocycles. The van der Waals surface area contributed by atoms with E-state index in [0.717, 1.165) is 24.2 Å². The maximum Gasteiger partial charge on any atom is 0.122 e. The molecule has 0 spiro atoms. The zero-order valence-electron chi connectivity index (χ0n) is 12.2. The van der Waals surface area contributed by atoms with Gasteiger partial charge in [-0.3, -0.25) is 0 Å². The van der Waals surface area contributed by atoms with Crippen LogP contribution in [0.15, 0.2) is 18.2 Å². The Balaban J connectivity index is 2.34. The molecule has 0 amide bonds. The summed E-state index contributed by atoms with van der Waals surface area (Å²) in [6, 6.07) is 8.97. The van der Waals surface area contributed by atoms with Crippen molar-refractivity contribution in [3.63, 3.8) is 0 Å². The van der Waals surface area contributed by atoms with Gasteiger partial charge in [0.05, 0.1) is 24.1 Å². The SMILES string of the molecule is CCOc1ccc(C(N(C)C)C2(C#N)CC2)cc1C. The Morgan fingerprint density at radius 1 is 1.42 bits per heavy atom. The van der Waals surface area contributed by atoms with Crippen molar-refractivity contribution in [3.8, 4) is 11.8 Å². The van der Waals surface area contributed by atoms with Crippen LogP contribution in [-0.4, -0.2) is 25.6 Å². The molecule has 1 aliphatic carbocycles. The van der Waals surface area contributed by atoms with Crippen LogP contribution >= 0.6 is 0 Å². The molecule has 0 bridgehead atoms. The number of aryl methyl sites for hydroxylation is 1. The topological polar surface area (TPSA) is 36.3 Å². The van der Waals surface area contributed by atoms with Gasteiger partial charge in [0, 0.05) is 0 Å². The zero-order valence-corrected chi connectivity index (χ0v) is 12.2. The van der Waals surface area contributed by atoms with Gasteiger partial charge in [-0.25, -0.2) is 0 Å². The molecule has 1 saturated carbocycles. The number of ether oxygens (including phenoxy) is 1. The van der Waals surface area contributed by atoms with Crippen LogP contribution < -0.4 is 4.74 Å². The lowest BCUT2D eigenvalue weighted by molar-refractivity contribution is 0.232. The Kier molecular flexibility index (Phi) is 3.82. The maximum atomic E-state index is 9.44. The van der Waals surface area contributed by atoms with Gasteiger partial charge in [0.25, 0.3) is 0 Å². The van der Waals surface area contributed by atoms with Gasteiger partial charge in [-0.15, -0.1) is 0 Å². The number of hydrogen-bond donors (Lipinski definition) is 0. The van der Waals surface area contributed by atoms with Crippen molar-refractivity contribution in [2.45, 2.75) is 32.7 Å². The fraction of sp³-hybridized carbons (Fsp3) is 0.562. The van der Waals surface area contributed by atoms with E-state index in [2.05, 4.69) is 30.0 Å². The molecule has 1 aromatic rings. The molecule has 2 rings (SSSR count). The second-order valence-electron chi connectivity index (χ2n) is 5.59. The van der Waals surface area contributed by atoms with Crippen molar-refractivity contribution in [3.05, 3.63) is 29.3 Å². The monoisotopic (exact) mass is 258 g/mol. The van der Waals surface area contributed by atoms with Crippen molar-refractivity contribution in [1.29, 1.82) is 5.26 Å². The van der Waals surface area contributed by atoms with Crippen molar-refractivity contribution in [2.75, 3.05) is 20.7 Å². The Morgan fingerprint density at radius 2 is 2.11 bits per heavy atom. The van der Waals surface area contributed by atoms with Gasteiger partial charge in [-0.2, -0.15) is 5.26 Å². The van der Waals surface area contributed by atoms with Crippen molar-refractivity contribution < 1.29 is 4.74 Å². The van der Waals surface area contributed by atoms with Gasteiger partial charge < -0.3 is 9.64 Å².